The van der Waals surface area contributed by atoms with Crippen LogP contribution < -0.4 is 5.32 Å². The lowest BCUT2D eigenvalue weighted by atomic mass is 10.3. The van der Waals surface area contributed by atoms with Crippen molar-refractivity contribution in [2.24, 2.45) is 0 Å². The Morgan fingerprint density at radius 3 is 3.08 bits per heavy atom. The second-order valence-electron chi connectivity index (χ2n) is 3.20. The van der Waals surface area contributed by atoms with Crippen molar-refractivity contribution in [2.75, 3.05) is 6.54 Å². The molecule has 1 aromatic rings. The van der Waals surface area contributed by atoms with E-state index in [1.165, 1.54) is 11.3 Å². The number of hydrogen-bond donors (Lipinski definition) is 1. The van der Waals surface area contributed by atoms with E-state index in [1.807, 2.05) is 17.8 Å². The molecular weight excluding hydrogens is 222 g/mol. The molecule has 1 fully saturated rings. The van der Waals surface area contributed by atoms with Gasteiger partial charge < -0.3 is 5.32 Å². The van der Waals surface area contributed by atoms with Gasteiger partial charge in [-0.1, -0.05) is 18.5 Å². The minimum Gasteiger partial charge on any atom is -0.301 e. The molecule has 1 aromatic heterocycles. The van der Waals surface area contributed by atoms with E-state index in [-0.39, 0.29) is 0 Å². The first-order valence-electron chi connectivity index (χ1n) is 4.39. The highest BCUT2D eigenvalue weighted by Crippen LogP contribution is 2.40. The molecule has 1 aliphatic rings. The fourth-order valence-electron chi connectivity index (χ4n) is 1.41. The molecule has 2 heterocycles. The summed E-state index contributed by atoms with van der Waals surface area (Å²) in [5.41, 5.74) is 0. The Balaban J connectivity index is 2.12. The maximum absolute atomic E-state index is 6.08. The van der Waals surface area contributed by atoms with Crippen molar-refractivity contribution >= 4 is 34.7 Å². The van der Waals surface area contributed by atoms with Gasteiger partial charge in [-0.2, -0.15) is 0 Å². The third kappa shape index (κ3) is 2.21. The molecule has 2 unspecified atom stereocenters. The van der Waals surface area contributed by atoms with Crippen LogP contribution in [0, 0.1) is 0 Å². The average molecular weight is 234 g/mol. The zero-order chi connectivity index (χ0) is 9.26. The van der Waals surface area contributed by atoms with Gasteiger partial charge >= 0.3 is 0 Å². The molecule has 0 radical (unpaired) electrons. The lowest BCUT2D eigenvalue weighted by molar-refractivity contribution is 0.610. The standard InChI is InChI=1S/C9H12ClNS2/c1-6-2-4-11-9(13-6)8-7(10)3-5-12-8/h3,5-6,9,11H,2,4H2,1H3. The van der Waals surface area contributed by atoms with Gasteiger partial charge in [0.15, 0.2) is 0 Å². The van der Waals surface area contributed by atoms with Gasteiger partial charge in [0.1, 0.15) is 0 Å². The molecule has 72 valence electrons. The van der Waals surface area contributed by atoms with Crippen LogP contribution in [0.4, 0.5) is 0 Å². The number of thioether (sulfide) groups is 1. The predicted molar refractivity (Wildman–Crippen MR) is 61.7 cm³/mol. The lowest BCUT2D eigenvalue weighted by Crippen LogP contribution is -2.28. The second kappa shape index (κ2) is 4.22. The SMILES string of the molecule is CC1CCNC(c2sccc2Cl)S1. The van der Waals surface area contributed by atoms with Crippen LogP contribution in [0.3, 0.4) is 0 Å². The quantitative estimate of drug-likeness (QED) is 0.797. The van der Waals surface area contributed by atoms with Crippen LogP contribution in [0.2, 0.25) is 5.02 Å². The minimum absolute atomic E-state index is 0.413. The van der Waals surface area contributed by atoms with E-state index in [4.69, 9.17) is 11.6 Å². The van der Waals surface area contributed by atoms with Gasteiger partial charge in [0.25, 0.3) is 0 Å². The van der Waals surface area contributed by atoms with Gasteiger partial charge in [-0.3, -0.25) is 0 Å². The van der Waals surface area contributed by atoms with E-state index in [2.05, 4.69) is 17.6 Å². The topological polar surface area (TPSA) is 12.0 Å². The van der Waals surface area contributed by atoms with E-state index >= 15 is 0 Å². The Bertz CT molecular complexity index is 287. The molecule has 2 atom stereocenters. The van der Waals surface area contributed by atoms with Crippen molar-refractivity contribution in [1.29, 1.82) is 0 Å². The Morgan fingerprint density at radius 2 is 2.46 bits per heavy atom. The molecule has 1 nitrogen and oxygen atoms in total. The zero-order valence-corrected chi connectivity index (χ0v) is 9.81. The predicted octanol–water partition coefficient (Wildman–Crippen LogP) is 3.52. The summed E-state index contributed by atoms with van der Waals surface area (Å²) in [7, 11) is 0. The summed E-state index contributed by atoms with van der Waals surface area (Å²) >= 11 is 9.79. The lowest BCUT2D eigenvalue weighted by Gasteiger charge is -2.27. The van der Waals surface area contributed by atoms with E-state index in [1.54, 1.807) is 11.3 Å². The van der Waals surface area contributed by atoms with Crippen LogP contribution in [-0.4, -0.2) is 11.8 Å². The number of nitrogens with one attached hydrogen (secondary N) is 1. The first-order chi connectivity index (χ1) is 6.27. The van der Waals surface area contributed by atoms with E-state index in [9.17, 15) is 0 Å². The normalized spacial score (nSPS) is 29.1. The number of thiophene rings is 1. The number of halogens is 1. The van der Waals surface area contributed by atoms with Crippen molar-refractivity contribution in [3.63, 3.8) is 0 Å². The van der Waals surface area contributed by atoms with Crippen molar-refractivity contribution in [2.45, 2.75) is 24.0 Å². The Morgan fingerprint density at radius 1 is 1.62 bits per heavy atom. The molecule has 1 aliphatic heterocycles. The van der Waals surface area contributed by atoms with Crippen LogP contribution in [0.15, 0.2) is 11.4 Å². The molecule has 0 amide bonds. The zero-order valence-electron chi connectivity index (χ0n) is 7.42. The largest absolute Gasteiger partial charge is 0.301 e. The molecular formula is C9H12ClNS2. The maximum Gasteiger partial charge on any atom is 0.0900 e. The maximum atomic E-state index is 6.08. The molecule has 0 saturated carbocycles. The fraction of sp³-hybridized carbons (Fsp3) is 0.556. The highest BCUT2D eigenvalue weighted by atomic mass is 35.5. The second-order valence-corrected chi connectivity index (χ2v) is 6.11. The summed E-state index contributed by atoms with van der Waals surface area (Å²) in [6.07, 6.45) is 1.25. The molecule has 0 aromatic carbocycles. The van der Waals surface area contributed by atoms with Crippen molar-refractivity contribution in [3.05, 3.63) is 21.3 Å². The molecule has 0 spiro atoms. The third-order valence-corrected chi connectivity index (χ3v) is 5.08. The van der Waals surface area contributed by atoms with E-state index in [0.717, 1.165) is 16.8 Å². The van der Waals surface area contributed by atoms with Gasteiger partial charge in [0.2, 0.25) is 0 Å². The fourth-order valence-corrected chi connectivity index (χ4v) is 4.11. The van der Waals surface area contributed by atoms with Crippen LogP contribution in [0.5, 0.6) is 0 Å². The van der Waals surface area contributed by atoms with Gasteiger partial charge in [-0.25, -0.2) is 0 Å². The average Bonchev–Trinajstić information content (AvgIpc) is 2.51. The van der Waals surface area contributed by atoms with Gasteiger partial charge in [0.05, 0.1) is 15.3 Å². The molecule has 0 aliphatic carbocycles. The smallest absolute Gasteiger partial charge is 0.0900 e. The highest BCUT2D eigenvalue weighted by molar-refractivity contribution is 8.00. The van der Waals surface area contributed by atoms with Crippen LogP contribution >= 0.6 is 34.7 Å². The van der Waals surface area contributed by atoms with Gasteiger partial charge in [-0.05, 0) is 24.4 Å². The van der Waals surface area contributed by atoms with Crippen LogP contribution in [0.1, 0.15) is 23.6 Å². The summed E-state index contributed by atoms with van der Waals surface area (Å²) in [6, 6.07) is 1.98. The van der Waals surface area contributed by atoms with Crippen LogP contribution in [0.25, 0.3) is 0 Å². The molecule has 13 heavy (non-hydrogen) atoms. The third-order valence-electron chi connectivity index (χ3n) is 2.13. The van der Waals surface area contributed by atoms with Crippen molar-refractivity contribution < 1.29 is 0 Å². The highest BCUT2D eigenvalue weighted by Gasteiger charge is 2.22. The minimum atomic E-state index is 0.413. The number of rotatable bonds is 1. The molecule has 4 heteroatoms. The Kier molecular flexibility index (Phi) is 3.19. The summed E-state index contributed by atoms with van der Waals surface area (Å²) < 4.78 is 0. The summed E-state index contributed by atoms with van der Waals surface area (Å²) in [5.74, 6) is 0. The van der Waals surface area contributed by atoms with Crippen molar-refractivity contribution in [1.82, 2.24) is 5.32 Å². The Labute approximate surface area is 91.9 Å². The van der Waals surface area contributed by atoms with Gasteiger partial charge in [-0.15, -0.1) is 23.1 Å². The molecule has 2 rings (SSSR count). The van der Waals surface area contributed by atoms with Crippen molar-refractivity contribution in [3.8, 4) is 0 Å². The summed E-state index contributed by atoms with van der Waals surface area (Å²) in [5, 5.41) is 7.60. The molecule has 1 N–H and O–H groups in total. The molecule has 0 bridgehead atoms. The number of hydrogen-bond acceptors (Lipinski definition) is 3. The summed E-state index contributed by atoms with van der Waals surface area (Å²) in [6.45, 7) is 3.38. The van der Waals surface area contributed by atoms with E-state index < -0.39 is 0 Å². The van der Waals surface area contributed by atoms with E-state index in [0.29, 0.717) is 5.37 Å². The first-order valence-corrected chi connectivity index (χ1v) is 6.59. The molecule has 1 saturated heterocycles. The van der Waals surface area contributed by atoms with Gasteiger partial charge in [0, 0.05) is 5.25 Å². The monoisotopic (exact) mass is 233 g/mol. The summed E-state index contributed by atoms with van der Waals surface area (Å²) in [4.78, 5) is 1.28. The Hall–Kier alpha value is 0.300. The first kappa shape index (κ1) is 9.84. The van der Waals surface area contributed by atoms with Crippen LogP contribution in [-0.2, 0) is 0 Å².